The second-order valence-corrected chi connectivity index (χ2v) is 8.30. The Hall–Kier alpha value is -2.96. The van der Waals surface area contributed by atoms with Gasteiger partial charge in [-0.25, -0.2) is 9.97 Å². The Bertz CT molecular complexity index is 939. The van der Waals surface area contributed by atoms with Crippen LogP contribution in [0.4, 0.5) is 11.5 Å². The molecule has 0 aliphatic carbocycles. The summed E-state index contributed by atoms with van der Waals surface area (Å²) in [4.78, 5) is 36.0. The fourth-order valence-corrected chi connectivity index (χ4v) is 3.89. The monoisotopic (exact) mass is 393 g/mol. The quantitative estimate of drug-likeness (QED) is 0.815. The zero-order valence-corrected chi connectivity index (χ0v) is 17.2. The van der Waals surface area contributed by atoms with Gasteiger partial charge in [-0.2, -0.15) is 0 Å². The molecular formula is C22H27N5O2. The number of benzene rings is 1. The van der Waals surface area contributed by atoms with E-state index in [2.05, 4.69) is 29.5 Å². The van der Waals surface area contributed by atoms with E-state index in [9.17, 15) is 9.59 Å². The number of carbonyl (C=O) groups is 2. The smallest absolute Gasteiger partial charge is 0.270 e. The molecule has 2 N–H and O–H groups in total. The topological polar surface area (TPSA) is 87.2 Å². The number of carbonyl (C=O) groups excluding carboxylic acids is 2. The first-order valence-corrected chi connectivity index (χ1v) is 10.2. The molecule has 29 heavy (non-hydrogen) atoms. The first-order chi connectivity index (χ1) is 13.9. The van der Waals surface area contributed by atoms with Crippen molar-refractivity contribution in [3.8, 4) is 0 Å². The lowest BCUT2D eigenvalue weighted by atomic mass is 10.0. The van der Waals surface area contributed by atoms with Crippen molar-refractivity contribution < 1.29 is 9.59 Å². The molecule has 0 saturated carbocycles. The van der Waals surface area contributed by atoms with E-state index in [0.29, 0.717) is 55.6 Å². The number of nitrogens with one attached hydrogen (secondary N) is 2. The van der Waals surface area contributed by atoms with Gasteiger partial charge in [0, 0.05) is 37.2 Å². The molecule has 3 heterocycles. The highest BCUT2D eigenvalue weighted by Gasteiger charge is 2.32. The average Bonchev–Trinajstić information content (AvgIpc) is 3.03. The van der Waals surface area contributed by atoms with Crippen molar-refractivity contribution in [2.24, 2.45) is 5.92 Å². The lowest BCUT2D eigenvalue weighted by Gasteiger charge is -2.23. The molecule has 2 aliphatic heterocycles. The maximum atomic E-state index is 12.6. The van der Waals surface area contributed by atoms with E-state index < -0.39 is 0 Å². The van der Waals surface area contributed by atoms with Crippen molar-refractivity contribution in [1.29, 1.82) is 0 Å². The standard InChI is InChI=1S/C22H27N5O2/c1-13(2)10-18-25-20-17(8-9-23-22(20)29)21(26-18)24-15-11-19(28)27(12-15)16-6-4-14(3)5-7-16/h4-7,13,15H,8-12H2,1-3H3,(H,23,29)(H,24,25,26). The number of aryl methyl sites for hydroxylation is 1. The van der Waals surface area contributed by atoms with Crippen LogP contribution in [0.5, 0.6) is 0 Å². The van der Waals surface area contributed by atoms with Crippen LogP contribution in [0.15, 0.2) is 24.3 Å². The summed E-state index contributed by atoms with van der Waals surface area (Å²) in [6.45, 7) is 7.39. The van der Waals surface area contributed by atoms with Crippen molar-refractivity contribution in [2.75, 3.05) is 23.3 Å². The van der Waals surface area contributed by atoms with Crippen molar-refractivity contribution in [2.45, 2.75) is 46.1 Å². The Kier molecular flexibility index (Phi) is 5.22. The number of amides is 2. The van der Waals surface area contributed by atoms with Gasteiger partial charge in [0.25, 0.3) is 5.91 Å². The molecule has 1 saturated heterocycles. The SMILES string of the molecule is Cc1ccc(N2CC(Nc3nc(CC(C)C)nc4c3CCNC4=O)CC2=O)cc1. The van der Waals surface area contributed by atoms with Gasteiger partial charge in [0.15, 0.2) is 0 Å². The molecule has 7 nitrogen and oxygen atoms in total. The zero-order valence-electron chi connectivity index (χ0n) is 17.2. The van der Waals surface area contributed by atoms with Crippen molar-refractivity contribution >= 4 is 23.3 Å². The Morgan fingerprint density at radius 1 is 1.21 bits per heavy atom. The summed E-state index contributed by atoms with van der Waals surface area (Å²) in [5.74, 6) is 1.69. The first kappa shape index (κ1) is 19.4. The molecule has 0 spiro atoms. The molecule has 2 aromatic rings. The van der Waals surface area contributed by atoms with E-state index in [0.717, 1.165) is 11.3 Å². The Balaban J connectivity index is 1.59. The molecule has 0 bridgehead atoms. The molecule has 1 unspecified atom stereocenters. The van der Waals surface area contributed by atoms with Gasteiger partial charge in [0.2, 0.25) is 5.91 Å². The largest absolute Gasteiger partial charge is 0.365 e. The summed E-state index contributed by atoms with van der Waals surface area (Å²) < 4.78 is 0. The van der Waals surface area contributed by atoms with Gasteiger partial charge < -0.3 is 15.5 Å². The van der Waals surface area contributed by atoms with Crippen LogP contribution in [-0.4, -0.2) is 40.9 Å². The lowest BCUT2D eigenvalue weighted by Crippen LogP contribution is -2.35. The molecule has 7 heteroatoms. The number of rotatable bonds is 5. The van der Waals surface area contributed by atoms with Crippen LogP contribution in [0.25, 0.3) is 0 Å². The molecule has 2 amide bonds. The molecule has 152 valence electrons. The summed E-state index contributed by atoms with van der Waals surface area (Å²) in [7, 11) is 0. The normalized spacial score (nSPS) is 18.8. The maximum absolute atomic E-state index is 12.6. The third-order valence-corrected chi connectivity index (χ3v) is 5.33. The predicted molar refractivity (Wildman–Crippen MR) is 112 cm³/mol. The van der Waals surface area contributed by atoms with Crippen molar-refractivity contribution in [3.05, 3.63) is 46.9 Å². The van der Waals surface area contributed by atoms with E-state index in [1.165, 1.54) is 5.56 Å². The number of hydrogen-bond acceptors (Lipinski definition) is 5. The highest BCUT2D eigenvalue weighted by atomic mass is 16.2. The molecule has 1 fully saturated rings. The van der Waals surface area contributed by atoms with Gasteiger partial charge >= 0.3 is 0 Å². The molecular weight excluding hydrogens is 366 g/mol. The van der Waals surface area contributed by atoms with E-state index in [4.69, 9.17) is 4.98 Å². The van der Waals surface area contributed by atoms with Gasteiger partial charge in [-0.1, -0.05) is 31.5 Å². The number of hydrogen-bond donors (Lipinski definition) is 2. The maximum Gasteiger partial charge on any atom is 0.270 e. The van der Waals surface area contributed by atoms with Crippen LogP contribution in [-0.2, 0) is 17.6 Å². The molecule has 1 atom stereocenters. The van der Waals surface area contributed by atoms with Crippen LogP contribution in [0.1, 0.15) is 47.7 Å². The van der Waals surface area contributed by atoms with Crippen LogP contribution in [0, 0.1) is 12.8 Å². The first-order valence-electron chi connectivity index (χ1n) is 10.2. The van der Waals surface area contributed by atoms with Crippen molar-refractivity contribution in [3.63, 3.8) is 0 Å². The van der Waals surface area contributed by atoms with E-state index in [1.54, 1.807) is 0 Å². The van der Waals surface area contributed by atoms with Gasteiger partial charge in [-0.15, -0.1) is 0 Å². The lowest BCUT2D eigenvalue weighted by molar-refractivity contribution is -0.117. The minimum absolute atomic E-state index is 0.0558. The molecule has 4 rings (SSSR count). The number of aromatic nitrogens is 2. The third kappa shape index (κ3) is 4.09. The summed E-state index contributed by atoms with van der Waals surface area (Å²) in [6.07, 6.45) is 1.79. The van der Waals surface area contributed by atoms with Crippen molar-refractivity contribution in [1.82, 2.24) is 15.3 Å². The fraction of sp³-hybridized carbons (Fsp3) is 0.455. The fourth-order valence-electron chi connectivity index (χ4n) is 3.89. The van der Waals surface area contributed by atoms with Crippen LogP contribution < -0.4 is 15.5 Å². The summed E-state index contributed by atoms with van der Waals surface area (Å²) in [5, 5.41) is 6.31. The summed E-state index contributed by atoms with van der Waals surface area (Å²) >= 11 is 0. The van der Waals surface area contributed by atoms with Gasteiger partial charge in [0.1, 0.15) is 17.3 Å². The Morgan fingerprint density at radius 3 is 2.69 bits per heavy atom. The van der Waals surface area contributed by atoms with Crippen LogP contribution in [0.3, 0.4) is 0 Å². The van der Waals surface area contributed by atoms with Gasteiger partial charge in [0.05, 0.1) is 6.04 Å². The van der Waals surface area contributed by atoms with E-state index in [-0.39, 0.29) is 17.9 Å². The van der Waals surface area contributed by atoms with Gasteiger partial charge in [-0.3, -0.25) is 9.59 Å². The second kappa shape index (κ2) is 7.81. The van der Waals surface area contributed by atoms with Gasteiger partial charge in [-0.05, 0) is 31.4 Å². The second-order valence-electron chi connectivity index (χ2n) is 8.30. The van der Waals surface area contributed by atoms with Crippen LogP contribution >= 0.6 is 0 Å². The number of anilines is 2. The molecule has 2 aliphatic rings. The predicted octanol–water partition coefficient (Wildman–Crippen LogP) is 2.49. The highest BCUT2D eigenvalue weighted by Crippen LogP contribution is 2.27. The number of nitrogens with zero attached hydrogens (tertiary/aromatic N) is 3. The zero-order chi connectivity index (χ0) is 20.5. The average molecular weight is 393 g/mol. The minimum Gasteiger partial charge on any atom is -0.365 e. The third-order valence-electron chi connectivity index (χ3n) is 5.33. The molecule has 1 aromatic heterocycles. The Labute approximate surface area is 170 Å². The van der Waals surface area contributed by atoms with Crippen LogP contribution in [0.2, 0.25) is 0 Å². The van der Waals surface area contributed by atoms with E-state index in [1.807, 2.05) is 36.1 Å². The minimum atomic E-state index is -0.148. The summed E-state index contributed by atoms with van der Waals surface area (Å²) in [5.41, 5.74) is 3.39. The highest BCUT2D eigenvalue weighted by molar-refractivity contribution is 5.97. The molecule has 0 radical (unpaired) electrons. The molecule has 1 aromatic carbocycles. The van der Waals surface area contributed by atoms with E-state index >= 15 is 0 Å². The number of fused-ring (bicyclic) bond motifs is 1. The summed E-state index contributed by atoms with van der Waals surface area (Å²) in [6, 6.07) is 7.93. The Morgan fingerprint density at radius 2 is 1.97 bits per heavy atom.